The second-order valence-corrected chi connectivity index (χ2v) is 4.67. The number of allylic oxidation sites excluding steroid dienone is 2. The van der Waals surface area contributed by atoms with Crippen molar-refractivity contribution < 1.29 is 9.84 Å². The Kier molecular flexibility index (Phi) is 13.4. The Labute approximate surface area is 107 Å². The van der Waals surface area contributed by atoms with E-state index in [9.17, 15) is 0 Å². The smallest absolute Gasteiger partial charge is 0.0538 e. The van der Waals surface area contributed by atoms with Crippen LogP contribution in [0.2, 0.25) is 0 Å². The zero-order valence-electron chi connectivity index (χ0n) is 11.7. The molecule has 0 unspecified atom stereocenters. The molecule has 0 atom stereocenters. The van der Waals surface area contributed by atoms with Crippen LogP contribution in [0.1, 0.15) is 58.8 Å². The second kappa shape index (κ2) is 13.7. The van der Waals surface area contributed by atoms with Gasteiger partial charge in [-0.25, -0.2) is 0 Å². The quantitative estimate of drug-likeness (QED) is 0.516. The largest absolute Gasteiger partial charge is 0.396 e. The van der Waals surface area contributed by atoms with Gasteiger partial charge < -0.3 is 9.84 Å². The van der Waals surface area contributed by atoms with Crippen molar-refractivity contribution in [3.8, 4) is 0 Å². The Balaban J connectivity index is 0.000000354. The summed E-state index contributed by atoms with van der Waals surface area (Å²) < 4.78 is 4.77. The summed E-state index contributed by atoms with van der Waals surface area (Å²) in [5.74, 6) is 0.449. The molecule has 0 aromatic carbocycles. The Morgan fingerprint density at radius 1 is 1.06 bits per heavy atom. The van der Waals surface area contributed by atoms with Crippen LogP contribution in [0, 0.1) is 5.92 Å². The molecule has 0 aromatic heterocycles. The van der Waals surface area contributed by atoms with Crippen LogP contribution in [-0.2, 0) is 4.74 Å². The Morgan fingerprint density at radius 3 is 2.18 bits per heavy atom. The van der Waals surface area contributed by atoms with Gasteiger partial charge in [-0.2, -0.15) is 0 Å². The van der Waals surface area contributed by atoms with Crippen LogP contribution in [0.4, 0.5) is 0 Å². The van der Waals surface area contributed by atoms with Gasteiger partial charge in [0.25, 0.3) is 0 Å². The zero-order chi connectivity index (χ0) is 12.8. The summed E-state index contributed by atoms with van der Waals surface area (Å²) in [5.41, 5.74) is 0. The van der Waals surface area contributed by atoms with Crippen molar-refractivity contribution in [2.45, 2.75) is 58.8 Å². The summed E-state index contributed by atoms with van der Waals surface area (Å²) >= 11 is 0. The van der Waals surface area contributed by atoms with Gasteiger partial charge in [0, 0.05) is 5.92 Å². The fourth-order valence-corrected chi connectivity index (χ4v) is 1.54. The van der Waals surface area contributed by atoms with Gasteiger partial charge in [0.2, 0.25) is 0 Å². The molecule has 0 radical (unpaired) electrons. The molecule has 0 aliphatic carbocycles. The van der Waals surface area contributed by atoms with E-state index in [1.54, 1.807) is 0 Å². The summed E-state index contributed by atoms with van der Waals surface area (Å²) in [6.07, 6.45) is 14.1. The third-order valence-electron chi connectivity index (χ3n) is 2.84. The Hall–Kier alpha value is -0.340. The van der Waals surface area contributed by atoms with Gasteiger partial charge in [-0.05, 0) is 19.3 Å². The predicted molar refractivity (Wildman–Crippen MR) is 74.2 cm³/mol. The van der Waals surface area contributed by atoms with Crippen molar-refractivity contribution in [3.05, 3.63) is 12.2 Å². The van der Waals surface area contributed by atoms with E-state index in [0.717, 1.165) is 13.2 Å². The van der Waals surface area contributed by atoms with E-state index >= 15 is 0 Å². The first kappa shape index (κ1) is 16.7. The molecule has 1 aliphatic rings. The van der Waals surface area contributed by atoms with Crippen LogP contribution in [0.25, 0.3) is 0 Å². The molecule has 1 saturated heterocycles. The SMILES string of the molecule is CCC=CCCCCCCC.OCC1COC1. The molecule has 0 saturated carbocycles. The van der Waals surface area contributed by atoms with Gasteiger partial charge in [0.15, 0.2) is 0 Å². The zero-order valence-corrected chi connectivity index (χ0v) is 11.7. The third-order valence-corrected chi connectivity index (χ3v) is 2.84. The number of hydrogen-bond donors (Lipinski definition) is 1. The van der Waals surface area contributed by atoms with E-state index < -0.39 is 0 Å². The number of hydrogen-bond acceptors (Lipinski definition) is 2. The monoisotopic (exact) mass is 242 g/mol. The van der Waals surface area contributed by atoms with Crippen LogP contribution in [0.3, 0.4) is 0 Å². The summed E-state index contributed by atoms with van der Waals surface area (Å²) in [6, 6.07) is 0. The topological polar surface area (TPSA) is 29.5 Å². The lowest BCUT2D eigenvalue weighted by atomic mass is 10.1. The van der Waals surface area contributed by atoms with Crippen LogP contribution in [-0.4, -0.2) is 24.9 Å². The van der Waals surface area contributed by atoms with Crippen LogP contribution in [0.5, 0.6) is 0 Å². The van der Waals surface area contributed by atoms with Crippen molar-refractivity contribution in [1.29, 1.82) is 0 Å². The first-order valence-corrected chi connectivity index (χ1v) is 7.18. The molecule has 2 heteroatoms. The highest BCUT2D eigenvalue weighted by molar-refractivity contribution is 4.79. The van der Waals surface area contributed by atoms with Crippen molar-refractivity contribution in [1.82, 2.24) is 0 Å². The third kappa shape index (κ3) is 11.9. The predicted octanol–water partition coefficient (Wildman–Crippen LogP) is 3.94. The maximum absolute atomic E-state index is 8.31. The van der Waals surface area contributed by atoms with Crippen molar-refractivity contribution >= 4 is 0 Å². The normalized spacial score (nSPS) is 15.5. The molecular weight excluding hydrogens is 212 g/mol. The van der Waals surface area contributed by atoms with Gasteiger partial charge in [0.05, 0.1) is 19.8 Å². The summed E-state index contributed by atoms with van der Waals surface area (Å²) in [6.45, 7) is 6.26. The summed E-state index contributed by atoms with van der Waals surface area (Å²) in [7, 11) is 0. The molecule has 0 amide bonds. The van der Waals surface area contributed by atoms with Gasteiger partial charge in [-0.3, -0.25) is 0 Å². The van der Waals surface area contributed by atoms with Crippen LogP contribution in [0.15, 0.2) is 12.2 Å². The molecule has 0 bridgehead atoms. The molecule has 1 fully saturated rings. The average molecular weight is 242 g/mol. The van der Waals surface area contributed by atoms with Gasteiger partial charge >= 0.3 is 0 Å². The van der Waals surface area contributed by atoms with E-state index in [1.165, 1.54) is 44.9 Å². The van der Waals surface area contributed by atoms with Crippen molar-refractivity contribution in [2.75, 3.05) is 19.8 Å². The van der Waals surface area contributed by atoms with Gasteiger partial charge in [-0.1, -0.05) is 51.7 Å². The molecule has 0 spiro atoms. The molecular formula is C15H30O2. The maximum atomic E-state index is 8.31. The van der Waals surface area contributed by atoms with Crippen LogP contribution < -0.4 is 0 Å². The molecule has 1 N–H and O–H groups in total. The van der Waals surface area contributed by atoms with E-state index in [1.807, 2.05) is 0 Å². The van der Waals surface area contributed by atoms with Gasteiger partial charge in [-0.15, -0.1) is 0 Å². The van der Waals surface area contributed by atoms with Crippen molar-refractivity contribution in [3.63, 3.8) is 0 Å². The molecule has 1 rings (SSSR count). The first-order chi connectivity index (χ1) is 8.35. The lowest BCUT2D eigenvalue weighted by molar-refractivity contribution is -0.0554. The minimum atomic E-state index is 0.292. The lowest BCUT2D eigenvalue weighted by Crippen LogP contribution is -2.30. The second-order valence-electron chi connectivity index (χ2n) is 4.67. The fraction of sp³-hybridized carbons (Fsp3) is 0.867. The highest BCUT2D eigenvalue weighted by Gasteiger charge is 2.15. The van der Waals surface area contributed by atoms with Crippen molar-refractivity contribution in [2.24, 2.45) is 5.92 Å². The molecule has 17 heavy (non-hydrogen) atoms. The first-order valence-electron chi connectivity index (χ1n) is 7.18. The Bertz CT molecular complexity index is 160. The number of ether oxygens (including phenoxy) is 1. The number of aliphatic hydroxyl groups is 1. The highest BCUT2D eigenvalue weighted by Crippen LogP contribution is 2.06. The van der Waals surface area contributed by atoms with E-state index in [0.29, 0.717) is 12.5 Å². The number of rotatable bonds is 8. The van der Waals surface area contributed by atoms with Gasteiger partial charge in [0.1, 0.15) is 0 Å². The number of unbranched alkanes of at least 4 members (excludes halogenated alkanes) is 5. The molecule has 102 valence electrons. The lowest BCUT2D eigenvalue weighted by Gasteiger charge is -2.22. The number of aliphatic hydroxyl groups excluding tert-OH is 1. The van der Waals surface area contributed by atoms with E-state index in [2.05, 4.69) is 26.0 Å². The van der Waals surface area contributed by atoms with E-state index in [4.69, 9.17) is 9.84 Å². The molecule has 0 aromatic rings. The maximum Gasteiger partial charge on any atom is 0.0538 e. The Morgan fingerprint density at radius 2 is 1.76 bits per heavy atom. The molecule has 1 aliphatic heterocycles. The summed E-state index contributed by atoms with van der Waals surface area (Å²) in [5, 5.41) is 8.31. The summed E-state index contributed by atoms with van der Waals surface area (Å²) in [4.78, 5) is 0. The fourth-order valence-electron chi connectivity index (χ4n) is 1.54. The van der Waals surface area contributed by atoms with Crippen LogP contribution >= 0.6 is 0 Å². The standard InChI is InChI=1S/C11H22.C4H8O2/c1-3-5-7-9-11-10-8-6-4-2;5-1-4-2-6-3-4/h5,7H,3-4,6,8-11H2,1-2H3;4-5H,1-3H2. The molecule has 1 heterocycles. The van der Waals surface area contributed by atoms with E-state index in [-0.39, 0.29) is 0 Å². The minimum Gasteiger partial charge on any atom is -0.396 e. The average Bonchev–Trinajstić information content (AvgIpc) is 2.27. The highest BCUT2D eigenvalue weighted by atomic mass is 16.5. The minimum absolute atomic E-state index is 0.292. The molecule has 2 nitrogen and oxygen atoms in total.